The molecule has 5 N–H and O–H groups in total. The van der Waals surface area contributed by atoms with Crippen LogP contribution in [0.5, 0.6) is 0 Å². The Hall–Kier alpha value is -3.14. The van der Waals surface area contributed by atoms with Gasteiger partial charge in [-0.05, 0) is 43.7 Å². The first kappa shape index (κ1) is 24.0. The number of halogens is 2. The summed E-state index contributed by atoms with van der Waals surface area (Å²) in [6, 6.07) is 2.18. The van der Waals surface area contributed by atoms with Crippen LogP contribution < -0.4 is 16.0 Å². The minimum absolute atomic E-state index is 0.0287. The topological polar surface area (TPSA) is 140 Å². The van der Waals surface area contributed by atoms with Gasteiger partial charge in [-0.2, -0.15) is 0 Å². The van der Waals surface area contributed by atoms with Crippen LogP contribution in [0.4, 0.5) is 4.39 Å². The lowest BCUT2D eigenvalue weighted by molar-refractivity contribution is -0.143. The smallest absolute Gasteiger partial charge is 0.326 e. The van der Waals surface area contributed by atoms with Gasteiger partial charge in [0.05, 0.1) is 10.5 Å². The Bertz CT molecular complexity index is 1130. The van der Waals surface area contributed by atoms with Crippen molar-refractivity contribution in [2.24, 2.45) is 11.8 Å². The fourth-order valence-electron chi connectivity index (χ4n) is 4.25. The van der Waals surface area contributed by atoms with Gasteiger partial charge in [0.25, 0.3) is 5.91 Å². The van der Waals surface area contributed by atoms with Gasteiger partial charge in [-0.1, -0.05) is 30.5 Å². The number of aromatic amines is 1. The van der Waals surface area contributed by atoms with E-state index in [0.717, 1.165) is 19.3 Å². The summed E-state index contributed by atoms with van der Waals surface area (Å²) in [7, 11) is 0. The number of H-pyrrole nitrogens is 1. The van der Waals surface area contributed by atoms with Gasteiger partial charge in [-0.15, -0.1) is 0 Å². The number of carboxylic acids is 1. The van der Waals surface area contributed by atoms with E-state index >= 15 is 0 Å². The van der Waals surface area contributed by atoms with Crippen LogP contribution in [0.15, 0.2) is 18.2 Å². The molecule has 182 valence electrons. The summed E-state index contributed by atoms with van der Waals surface area (Å²) in [4.78, 5) is 52.4. The van der Waals surface area contributed by atoms with Crippen molar-refractivity contribution in [1.29, 1.82) is 0 Å². The molecule has 1 saturated carbocycles. The van der Waals surface area contributed by atoms with E-state index in [1.807, 2.05) is 0 Å². The Labute approximate surface area is 199 Å². The normalized spacial score (nSPS) is 19.8. The molecule has 3 atom stereocenters. The molecule has 34 heavy (non-hydrogen) atoms. The SMILES string of the molecule is O=C(N[C@@H](CC1CC1)C(=O)N[C@@H](C[C@@H]1CCCNC1=O)C(=O)O)c1cc2ccc(Cl)c(F)c2[nH]1. The molecule has 2 fully saturated rings. The fourth-order valence-corrected chi connectivity index (χ4v) is 4.41. The zero-order valence-electron chi connectivity index (χ0n) is 18.3. The quantitative estimate of drug-likeness (QED) is 0.365. The summed E-state index contributed by atoms with van der Waals surface area (Å²) in [5, 5.41) is 17.8. The average molecular weight is 493 g/mol. The Morgan fingerprint density at radius 1 is 1.15 bits per heavy atom. The van der Waals surface area contributed by atoms with Crippen molar-refractivity contribution >= 4 is 46.2 Å². The first-order chi connectivity index (χ1) is 16.2. The van der Waals surface area contributed by atoms with Crippen molar-refractivity contribution in [3.8, 4) is 0 Å². The van der Waals surface area contributed by atoms with Crippen LogP contribution in [0.3, 0.4) is 0 Å². The maximum Gasteiger partial charge on any atom is 0.326 e. The van der Waals surface area contributed by atoms with E-state index in [-0.39, 0.29) is 34.5 Å². The predicted octanol–water partition coefficient (Wildman–Crippen LogP) is 2.34. The molecule has 0 unspecified atom stereocenters. The lowest BCUT2D eigenvalue weighted by Gasteiger charge is -2.26. The molecular formula is C23H26ClFN4O5. The molecule has 1 aliphatic carbocycles. The molecule has 2 aliphatic rings. The predicted molar refractivity (Wildman–Crippen MR) is 122 cm³/mol. The van der Waals surface area contributed by atoms with Crippen molar-refractivity contribution in [3.05, 3.63) is 34.7 Å². The average Bonchev–Trinajstić information content (AvgIpc) is 3.51. The number of aliphatic carboxylic acids is 1. The van der Waals surface area contributed by atoms with Crippen molar-refractivity contribution in [2.45, 2.75) is 50.6 Å². The summed E-state index contributed by atoms with van der Waals surface area (Å²) >= 11 is 5.80. The Morgan fingerprint density at radius 2 is 1.91 bits per heavy atom. The van der Waals surface area contributed by atoms with Gasteiger partial charge in [0.15, 0.2) is 5.82 Å². The summed E-state index contributed by atoms with van der Waals surface area (Å²) < 4.78 is 14.2. The van der Waals surface area contributed by atoms with Gasteiger partial charge in [-0.3, -0.25) is 14.4 Å². The van der Waals surface area contributed by atoms with Crippen molar-refractivity contribution in [1.82, 2.24) is 20.9 Å². The number of carbonyl (C=O) groups excluding carboxylic acids is 3. The molecule has 1 aromatic carbocycles. The summed E-state index contributed by atoms with van der Waals surface area (Å²) in [6.07, 6.45) is 3.45. The number of hydrogen-bond acceptors (Lipinski definition) is 4. The number of carboxylic acid groups (broad SMARTS) is 1. The Balaban J connectivity index is 1.46. The molecule has 2 heterocycles. The fraction of sp³-hybridized carbons (Fsp3) is 0.478. The number of amides is 3. The van der Waals surface area contributed by atoms with Crippen molar-refractivity contribution < 1.29 is 28.7 Å². The maximum atomic E-state index is 14.2. The largest absolute Gasteiger partial charge is 0.480 e. The minimum Gasteiger partial charge on any atom is -0.480 e. The molecule has 1 saturated heterocycles. The van der Waals surface area contributed by atoms with Crippen LogP contribution in [-0.4, -0.2) is 52.4 Å². The number of rotatable bonds is 9. The van der Waals surface area contributed by atoms with Crippen LogP contribution in [-0.2, 0) is 14.4 Å². The van der Waals surface area contributed by atoms with Crippen molar-refractivity contribution in [2.75, 3.05) is 6.54 Å². The number of fused-ring (bicyclic) bond motifs is 1. The van der Waals surface area contributed by atoms with Gasteiger partial charge in [0.2, 0.25) is 11.8 Å². The van der Waals surface area contributed by atoms with Crippen LogP contribution in [0, 0.1) is 17.7 Å². The van der Waals surface area contributed by atoms with Crippen LogP contribution >= 0.6 is 11.6 Å². The third-order valence-electron chi connectivity index (χ3n) is 6.35. The first-order valence-electron chi connectivity index (χ1n) is 11.3. The third-order valence-corrected chi connectivity index (χ3v) is 6.65. The number of hydrogen-bond donors (Lipinski definition) is 5. The molecule has 0 spiro atoms. The van der Waals surface area contributed by atoms with Gasteiger partial charge < -0.3 is 26.0 Å². The third kappa shape index (κ3) is 5.49. The van der Waals surface area contributed by atoms with E-state index in [1.54, 1.807) is 6.07 Å². The number of piperidine rings is 1. The van der Waals surface area contributed by atoms with E-state index in [2.05, 4.69) is 20.9 Å². The summed E-state index contributed by atoms with van der Waals surface area (Å²) in [5.41, 5.74) is 0.135. The molecule has 11 heteroatoms. The van der Waals surface area contributed by atoms with Gasteiger partial charge >= 0.3 is 5.97 Å². The van der Waals surface area contributed by atoms with E-state index in [9.17, 15) is 28.7 Å². The monoisotopic (exact) mass is 492 g/mol. The Kier molecular flexibility index (Phi) is 7.06. The zero-order chi connectivity index (χ0) is 24.4. The second-order valence-electron chi connectivity index (χ2n) is 8.98. The lowest BCUT2D eigenvalue weighted by Crippen LogP contribution is -2.53. The first-order valence-corrected chi connectivity index (χ1v) is 11.7. The van der Waals surface area contributed by atoms with E-state index < -0.39 is 41.6 Å². The highest BCUT2D eigenvalue weighted by Gasteiger charge is 2.35. The number of nitrogens with one attached hydrogen (secondary N) is 4. The van der Waals surface area contributed by atoms with E-state index in [0.29, 0.717) is 24.8 Å². The van der Waals surface area contributed by atoms with E-state index in [4.69, 9.17) is 11.6 Å². The summed E-state index contributed by atoms with van der Waals surface area (Å²) in [5.74, 6) is -3.64. The van der Waals surface area contributed by atoms with E-state index in [1.165, 1.54) is 12.1 Å². The van der Waals surface area contributed by atoms with Gasteiger partial charge in [-0.25, -0.2) is 9.18 Å². The number of aromatic nitrogens is 1. The molecule has 4 rings (SSSR count). The highest BCUT2D eigenvalue weighted by atomic mass is 35.5. The summed E-state index contributed by atoms with van der Waals surface area (Å²) in [6.45, 7) is 0.554. The molecule has 0 bridgehead atoms. The molecule has 0 radical (unpaired) electrons. The molecular weight excluding hydrogens is 467 g/mol. The lowest BCUT2D eigenvalue weighted by atomic mass is 9.91. The molecule has 2 aromatic rings. The van der Waals surface area contributed by atoms with Gasteiger partial charge in [0.1, 0.15) is 17.8 Å². The highest BCUT2D eigenvalue weighted by Crippen LogP contribution is 2.34. The number of carbonyl (C=O) groups is 4. The van der Waals surface area contributed by atoms with Crippen molar-refractivity contribution in [3.63, 3.8) is 0 Å². The maximum absolute atomic E-state index is 14.2. The zero-order valence-corrected chi connectivity index (χ0v) is 19.1. The second-order valence-corrected chi connectivity index (χ2v) is 9.39. The molecule has 9 nitrogen and oxygen atoms in total. The molecule has 1 aliphatic heterocycles. The van der Waals surface area contributed by atoms with Crippen LogP contribution in [0.25, 0.3) is 10.9 Å². The minimum atomic E-state index is -1.26. The molecule has 1 aromatic heterocycles. The second kappa shape index (κ2) is 10.0. The molecule has 3 amide bonds. The van der Waals surface area contributed by atoms with Crippen LogP contribution in [0.1, 0.15) is 49.0 Å². The van der Waals surface area contributed by atoms with Gasteiger partial charge in [0, 0.05) is 17.8 Å². The van der Waals surface area contributed by atoms with Crippen LogP contribution in [0.2, 0.25) is 5.02 Å². The number of benzene rings is 1. The standard InChI is InChI=1S/C23H26ClFN4O5/c24-14-6-5-12-9-16(27-19(12)18(14)25)22(32)28-15(8-11-3-4-11)21(31)29-17(23(33)34)10-13-2-1-7-26-20(13)30/h5-6,9,11,13,15,17,27H,1-4,7-8,10H2,(H,26,30)(H,28,32)(H,29,31)(H,33,34)/t13-,15-,17-/m0/s1. The highest BCUT2D eigenvalue weighted by molar-refractivity contribution is 6.31. The Morgan fingerprint density at radius 3 is 2.59 bits per heavy atom.